The van der Waals surface area contributed by atoms with Crippen LogP contribution in [0, 0.1) is 11.3 Å². The molecule has 1 amide bonds. The molecule has 0 aliphatic rings. The van der Waals surface area contributed by atoms with Crippen LogP contribution in [0.25, 0.3) is 0 Å². The quantitative estimate of drug-likeness (QED) is 0.734. The Balaban J connectivity index is 2.71. The first kappa shape index (κ1) is 9.55. The monoisotopic (exact) mass is 196 g/mol. The molecule has 0 atom stereocenters. The normalized spacial score (nSPS) is 8.92. The standard InChI is InChI=1S/C8H8N2O2S/c1-12-6-2-5-13-7(6)8(11)10-4-3-9/h2,5H,4H2,1H3,(H,10,11). The highest BCUT2D eigenvalue weighted by Crippen LogP contribution is 2.23. The van der Waals surface area contributed by atoms with Crippen molar-refractivity contribution in [3.05, 3.63) is 16.3 Å². The molecule has 1 N–H and O–H groups in total. The van der Waals surface area contributed by atoms with E-state index in [1.165, 1.54) is 18.4 Å². The van der Waals surface area contributed by atoms with Crippen molar-refractivity contribution in [3.8, 4) is 11.8 Å². The summed E-state index contributed by atoms with van der Waals surface area (Å²) in [5.41, 5.74) is 0. The van der Waals surface area contributed by atoms with Crippen molar-refractivity contribution in [3.63, 3.8) is 0 Å². The Kier molecular flexibility index (Phi) is 3.29. The van der Waals surface area contributed by atoms with Crippen LogP contribution in [-0.4, -0.2) is 19.6 Å². The van der Waals surface area contributed by atoms with Gasteiger partial charge in [-0.1, -0.05) is 0 Å². The first-order valence-corrected chi connectivity index (χ1v) is 4.44. The van der Waals surface area contributed by atoms with E-state index in [9.17, 15) is 4.79 Å². The number of methoxy groups -OCH3 is 1. The molecule has 4 nitrogen and oxygen atoms in total. The van der Waals surface area contributed by atoms with Gasteiger partial charge in [0.25, 0.3) is 5.91 Å². The molecule has 0 spiro atoms. The van der Waals surface area contributed by atoms with E-state index in [-0.39, 0.29) is 12.5 Å². The van der Waals surface area contributed by atoms with Gasteiger partial charge in [0.05, 0.1) is 13.2 Å². The highest BCUT2D eigenvalue weighted by Gasteiger charge is 2.12. The number of hydrogen-bond donors (Lipinski definition) is 1. The maximum absolute atomic E-state index is 11.3. The van der Waals surface area contributed by atoms with E-state index in [4.69, 9.17) is 10.00 Å². The van der Waals surface area contributed by atoms with Crippen LogP contribution in [0.1, 0.15) is 9.67 Å². The minimum Gasteiger partial charge on any atom is -0.495 e. The number of hydrogen-bond acceptors (Lipinski definition) is 4. The maximum Gasteiger partial charge on any atom is 0.265 e. The van der Waals surface area contributed by atoms with Gasteiger partial charge in [-0.2, -0.15) is 5.26 Å². The molecule has 1 aromatic rings. The fourth-order valence-corrected chi connectivity index (χ4v) is 1.60. The molecule has 0 aromatic carbocycles. The third kappa shape index (κ3) is 2.20. The molecule has 13 heavy (non-hydrogen) atoms. The lowest BCUT2D eigenvalue weighted by Gasteiger charge is -2.00. The maximum atomic E-state index is 11.3. The van der Waals surface area contributed by atoms with Crippen LogP contribution in [0.15, 0.2) is 11.4 Å². The van der Waals surface area contributed by atoms with Crippen molar-refractivity contribution in [2.45, 2.75) is 0 Å². The fraction of sp³-hybridized carbons (Fsp3) is 0.250. The van der Waals surface area contributed by atoms with E-state index in [1.807, 2.05) is 6.07 Å². The molecule has 0 unspecified atom stereocenters. The zero-order chi connectivity index (χ0) is 9.68. The second-order valence-electron chi connectivity index (χ2n) is 2.16. The lowest BCUT2D eigenvalue weighted by molar-refractivity contribution is 0.0960. The molecular weight excluding hydrogens is 188 g/mol. The predicted molar refractivity (Wildman–Crippen MR) is 48.8 cm³/mol. The molecule has 0 fully saturated rings. The summed E-state index contributed by atoms with van der Waals surface area (Å²) in [6.45, 7) is 0.0138. The molecular formula is C8H8N2O2S. The molecule has 5 heteroatoms. The second kappa shape index (κ2) is 4.48. The van der Waals surface area contributed by atoms with Gasteiger partial charge in [0.15, 0.2) is 0 Å². The van der Waals surface area contributed by atoms with E-state index in [1.54, 1.807) is 11.4 Å². The summed E-state index contributed by atoms with van der Waals surface area (Å²) in [6, 6.07) is 3.54. The van der Waals surface area contributed by atoms with Gasteiger partial charge in [0.1, 0.15) is 17.2 Å². The second-order valence-corrected chi connectivity index (χ2v) is 3.08. The van der Waals surface area contributed by atoms with Gasteiger partial charge < -0.3 is 10.1 Å². The van der Waals surface area contributed by atoms with Gasteiger partial charge in [-0.15, -0.1) is 11.3 Å². The van der Waals surface area contributed by atoms with Gasteiger partial charge in [0.2, 0.25) is 0 Å². The van der Waals surface area contributed by atoms with Crippen molar-refractivity contribution in [1.29, 1.82) is 5.26 Å². The van der Waals surface area contributed by atoms with Crippen LogP contribution < -0.4 is 10.1 Å². The van der Waals surface area contributed by atoms with E-state index in [2.05, 4.69) is 5.32 Å². The Hall–Kier alpha value is -1.54. The van der Waals surface area contributed by atoms with Gasteiger partial charge >= 0.3 is 0 Å². The average Bonchev–Trinajstić information content (AvgIpc) is 2.61. The number of rotatable bonds is 3. The smallest absolute Gasteiger partial charge is 0.265 e. The number of nitriles is 1. The summed E-state index contributed by atoms with van der Waals surface area (Å²) < 4.78 is 4.95. The average molecular weight is 196 g/mol. The largest absolute Gasteiger partial charge is 0.495 e. The molecule has 0 bridgehead atoms. The van der Waals surface area contributed by atoms with E-state index >= 15 is 0 Å². The minimum absolute atomic E-state index is 0.0138. The Labute approximate surface area is 79.7 Å². The van der Waals surface area contributed by atoms with Crippen LogP contribution in [0.4, 0.5) is 0 Å². The van der Waals surface area contributed by atoms with Crippen LogP contribution >= 0.6 is 11.3 Å². The van der Waals surface area contributed by atoms with Crippen LogP contribution in [-0.2, 0) is 0 Å². The number of thiophene rings is 1. The molecule has 1 heterocycles. The van der Waals surface area contributed by atoms with Crippen molar-refractivity contribution >= 4 is 17.2 Å². The third-order valence-electron chi connectivity index (χ3n) is 1.38. The van der Waals surface area contributed by atoms with Crippen molar-refractivity contribution < 1.29 is 9.53 Å². The van der Waals surface area contributed by atoms with Crippen molar-refractivity contribution in [2.24, 2.45) is 0 Å². The summed E-state index contributed by atoms with van der Waals surface area (Å²) in [4.78, 5) is 11.8. The summed E-state index contributed by atoms with van der Waals surface area (Å²) in [5.74, 6) is 0.272. The highest BCUT2D eigenvalue weighted by molar-refractivity contribution is 7.12. The van der Waals surface area contributed by atoms with Gasteiger partial charge in [-0.3, -0.25) is 4.79 Å². The minimum atomic E-state index is -0.270. The summed E-state index contributed by atoms with van der Waals surface area (Å²) in [6.07, 6.45) is 0. The molecule has 0 aliphatic heterocycles. The Morgan fingerprint density at radius 2 is 2.62 bits per heavy atom. The molecule has 1 aromatic heterocycles. The summed E-state index contributed by atoms with van der Waals surface area (Å²) in [5, 5.41) is 12.5. The van der Waals surface area contributed by atoms with Crippen LogP contribution in [0.3, 0.4) is 0 Å². The summed E-state index contributed by atoms with van der Waals surface area (Å²) in [7, 11) is 1.50. The SMILES string of the molecule is COc1ccsc1C(=O)NCC#N. The number of nitrogens with zero attached hydrogens (tertiary/aromatic N) is 1. The topological polar surface area (TPSA) is 62.1 Å². The lowest BCUT2D eigenvalue weighted by Crippen LogP contribution is -2.22. The zero-order valence-electron chi connectivity index (χ0n) is 7.03. The molecule has 1 rings (SSSR count). The number of carbonyl (C=O) groups excluding carboxylic acids is 1. The molecule has 0 radical (unpaired) electrons. The molecule has 0 saturated heterocycles. The van der Waals surface area contributed by atoms with E-state index in [0.717, 1.165) is 0 Å². The number of ether oxygens (including phenoxy) is 1. The highest BCUT2D eigenvalue weighted by atomic mass is 32.1. The Morgan fingerprint density at radius 1 is 1.85 bits per heavy atom. The van der Waals surface area contributed by atoms with Gasteiger partial charge in [-0.25, -0.2) is 0 Å². The van der Waals surface area contributed by atoms with Crippen LogP contribution in [0.5, 0.6) is 5.75 Å². The molecule has 0 aliphatic carbocycles. The Bertz CT molecular complexity index is 340. The number of carbonyl (C=O) groups is 1. The van der Waals surface area contributed by atoms with E-state index < -0.39 is 0 Å². The number of amides is 1. The molecule has 68 valence electrons. The van der Waals surface area contributed by atoms with Gasteiger partial charge in [0, 0.05) is 0 Å². The van der Waals surface area contributed by atoms with Gasteiger partial charge in [-0.05, 0) is 11.4 Å². The van der Waals surface area contributed by atoms with Crippen LogP contribution in [0.2, 0.25) is 0 Å². The van der Waals surface area contributed by atoms with E-state index in [0.29, 0.717) is 10.6 Å². The first-order valence-electron chi connectivity index (χ1n) is 3.56. The van der Waals surface area contributed by atoms with Crippen molar-refractivity contribution in [1.82, 2.24) is 5.32 Å². The summed E-state index contributed by atoms with van der Waals surface area (Å²) >= 11 is 1.29. The molecule has 0 saturated carbocycles. The first-order chi connectivity index (χ1) is 6.29. The lowest BCUT2D eigenvalue weighted by atomic mass is 10.4. The zero-order valence-corrected chi connectivity index (χ0v) is 7.85. The number of nitrogens with one attached hydrogen (secondary N) is 1. The fourth-order valence-electron chi connectivity index (χ4n) is 0.824. The Morgan fingerprint density at radius 3 is 3.23 bits per heavy atom. The predicted octanol–water partition coefficient (Wildman–Crippen LogP) is 1.01. The van der Waals surface area contributed by atoms with Crippen molar-refractivity contribution in [2.75, 3.05) is 13.7 Å². The third-order valence-corrected chi connectivity index (χ3v) is 2.28.